The molecular formula is C6H7NO. The maximum atomic E-state index is 10.6. The molecule has 0 aromatic heterocycles. The lowest BCUT2D eigenvalue weighted by atomic mass is 10.0. The highest BCUT2D eigenvalue weighted by molar-refractivity contribution is 5.84. The number of carbonyl (C=O) groups is 1. The topological polar surface area (TPSA) is 20.3 Å². The van der Waals surface area contributed by atoms with Crippen LogP contribution in [0.2, 0.25) is 0 Å². The molecule has 0 bridgehead atoms. The van der Waals surface area contributed by atoms with Crippen LogP contribution < -0.4 is 0 Å². The van der Waals surface area contributed by atoms with Gasteiger partial charge in [-0.25, -0.2) is 0 Å². The van der Waals surface area contributed by atoms with E-state index in [9.17, 15) is 4.79 Å². The number of hydrogen-bond donors (Lipinski definition) is 0. The minimum Gasteiger partial charge on any atom is -0.315 e. The summed E-state index contributed by atoms with van der Waals surface area (Å²) in [7, 11) is 0. The van der Waals surface area contributed by atoms with E-state index in [-0.39, 0.29) is 5.91 Å². The van der Waals surface area contributed by atoms with E-state index in [2.05, 4.69) is 6.08 Å². The summed E-state index contributed by atoms with van der Waals surface area (Å²) in [6, 6.07) is 0.544. The summed E-state index contributed by atoms with van der Waals surface area (Å²) in [6.45, 7) is 0. The third-order valence-electron chi connectivity index (χ3n) is 1.77. The molecule has 2 aliphatic rings. The van der Waals surface area contributed by atoms with Crippen molar-refractivity contribution in [3.63, 3.8) is 0 Å². The molecule has 8 heavy (non-hydrogen) atoms. The van der Waals surface area contributed by atoms with Crippen LogP contribution in [0.1, 0.15) is 12.8 Å². The normalized spacial score (nSPS) is 32.8. The monoisotopic (exact) mass is 109 g/mol. The van der Waals surface area contributed by atoms with Crippen molar-refractivity contribution in [2.24, 2.45) is 0 Å². The first-order chi connectivity index (χ1) is 3.88. The molecule has 1 atom stereocenters. The first-order valence-corrected chi connectivity index (χ1v) is 2.86. The van der Waals surface area contributed by atoms with Gasteiger partial charge in [0.25, 0.3) is 0 Å². The van der Waals surface area contributed by atoms with Gasteiger partial charge in [0.1, 0.15) is 0 Å². The van der Waals surface area contributed by atoms with Crippen LogP contribution in [0, 0.1) is 0 Å². The van der Waals surface area contributed by atoms with Crippen molar-refractivity contribution in [3.05, 3.63) is 12.3 Å². The summed E-state index contributed by atoms with van der Waals surface area (Å²) in [5.41, 5.74) is 0. The molecule has 1 saturated heterocycles. The molecule has 2 nitrogen and oxygen atoms in total. The van der Waals surface area contributed by atoms with E-state index in [1.54, 1.807) is 4.90 Å². The molecule has 42 valence electrons. The van der Waals surface area contributed by atoms with E-state index in [1.807, 2.05) is 6.20 Å². The van der Waals surface area contributed by atoms with Crippen LogP contribution in [-0.2, 0) is 4.79 Å². The molecule has 2 heterocycles. The molecule has 0 saturated carbocycles. The van der Waals surface area contributed by atoms with E-state index in [0.29, 0.717) is 6.04 Å². The van der Waals surface area contributed by atoms with Gasteiger partial charge < -0.3 is 4.90 Å². The lowest BCUT2D eigenvalue weighted by Crippen LogP contribution is -2.45. The first kappa shape index (κ1) is 4.13. The van der Waals surface area contributed by atoms with Crippen molar-refractivity contribution < 1.29 is 4.79 Å². The second-order valence-electron chi connectivity index (χ2n) is 2.28. The molecule has 1 unspecified atom stereocenters. The molecular weight excluding hydrogens is 102 g/mol. The largest absolute Gasteiger partial charge is 0.315 e. The molecule has 2 heteroatoms. The third kappa shape index (κ3) is 0.312. The number of nitrogens with zero attached hydrogens (tertiary/aromatic N) is 1. The van der Waals surface area contributed by atoms with Gasteiger partial charge in [-0.1, -0.05) is 6.08 Å². The highest BCUT2D eigenvalue weighted by atomic mass is 16.2. The van der Waals surface area contributed by atoms with Crippen LogP contribution in [0.15, 0.2) is 12.3 Å². The van der Waals surface area contributed by atoms with Gasteiger partial charge in [-0.3, -0.25) is 4.79 Å². The number of carbonyl (C=O) groups excluding carboxylic acids is 1. The van der Waals surface area contributed by atoms with Crippen LogP contribution >= 0.6 is 0 Å². The maximum absolute atomic E-state index is 10.6. The van der Waals surface area contributed by atoms with Crippen LogP contribution in [0.25, 0.3) is 0 Å². The fourth-order valence-electron chi connectivity index (χ4n) is 1.23. The summed E-state index contributed by atoms with van der Waals surface area (Å²) in [5.74, 6) is 0.281. The predicted molar refractivity (Wildman–Crippen MR) is 29.0 cm³/mol. The van der Waals surface area contributed by atoms with Gasteiger partial charge in [-0.2, -0.15) is 0 Å². The minimum absolute atomic E-state index is 0.281. The fraction of sp³-hybridized carbons (Fsp3) is 0.500. The van der Waals surface area contributed by atoms with Crippen LogP contribution in [-0.4, -0.2) is 16.8 Å². The van der Waals surface area contributed by atoms with Gasteiger partial charge >= 0.3 is 0 Å². The predicted octanol–water partition coefficient (Wildman–Crippen LogP) is 0.505. The van der Waals surface area contributed by atoms with E-state index in [4.69, 9.17) is 0 Å². The van der Waals surface area contributed by atoms with E-state index < -0.39 is 0 Å². The number of fused-ring (bicyclic) bond motifs is 1. The van der Waals surface area contributed by atoms with Crippen molar-refractivity contribution >= 4 is 5.91 Å². The summed E-state index contributed by atoms with van der Waals surface area (Å²) >= 11 is 0. The van der Waals surface area contributed by atoms with Crippen LogP contribution in [0.3, 0.4) is 0 Å². The van der Waals surface area contributed by atoms with Gasteiger partial charge in [0, 0.05) is 18.7 Å². The van der Waals surface area contributed by atoms with Crippen LogP contribution in [0.4, 0.5) is 0 Å². The highest BCUT2D eigenvalue weighted by Crippen LogP contribution is 2.27. The Morgan fingerprint density at radius 1 is 1.75 bits per heavy atom. The zero-order valence-corrected chi connectivity index (χ0v) is 4.50. The number of hydrogen-bond acceptors (Lipinski definition) is 1. The fourth-order valence-corrected chi connectivity index (χ4v) is 1.23. The quantitative estimate of drug-likeness (QED) is 0.415. The number of rotatable bonds is 0. The standard InChI is InChI=1S/C6H7NO/c8-6-4-5-2-1-3-7(5)6/h1,3,5H,2,4H2. The SMILES string of the molecule is O=C1CC2CC=CN12. The number of β-lactam (4-membered cyclic amide) rings is 1. The van der Waals surface area contributed by atoms with Gasteiger partial charge in [0.05, 0.1) is 0 Å². The zero-order valence-electron chi connectivity index (χ0n) is 4.50. The molecule has 2 rings (SSSR count). The molecule has 1 fully saturated rings. The maximum Gasteiger partial charge on any atom is 0.228 e. The Morgan fingerprint density at radius 3 is 3.12 bits per heavy atom. The van der Waals surface area contributed by atoms with Gasteiger partial charge in [0.2, 0.25) is 5.91 Å². The van der Waals surface area contributed by atoms with Gasteiger partial charge in [0.15, 0.2) is 0 Å². The van der Waals surface area contributed by atoms with E-state index in [1.165, 1.54) is 0 Å². The summed E-state index contributed by atoms with van der Waals surface area (Å²) < 4.78 is 0. The Hall–Kier alpha value is -0.790. The molecule has 0 aromatic carbocycles. The molecule has 0 radical (unpaired) electrons. The highest BCUT2D eigenvalue weighted by Gasteiger charge is 2.35. The van der Waals surface area contributed by atoms with Crippen molar-refractivity contribution in [2.75, 3.05) is 0 Å². The van der Waals surface area contributed by atoms with E-state index >= 15 is 0 Å². The van der Waals surface area contributed by atoms with Crippen molar-refractivity contribution in [1.29, 1.82) is 0 Å². The van der Waals surface area contributed by atoms with Crippen LogP contribution in [0.5, 0.6) is 0 Å². The molecule has 0 spiro atoms. The van der Waals surface area contributed by atoms with Crippen molar-refractivity contribution in [1.82, 2.24) is 4.90 Å². The molecule has 2 aliphatic heterocycles. The lowest BCUT2D eigenvalue weighted by molar-refractivity contribution is -0.140. The Labute approximate surface area is 47.8 Å². The molecule has 0 aromatic rings. The minimum atomic E-state index is 0.281. The second-order valence-corrected chi connectivity index (χ2v) is 2.28. The summed E-state index contributed by atoms with van der Waals surface area (Å²) in [4.78, 5) is 12.4. The van der Waals surface area contributed by atoms with Crippen molar-refractivity contribution in [3.8, 4) is 0 Å². The average Bonchev–Trinajstić information content (AvgIpc) is 2.09. The smallest absolute Gasteiger partial charge is 0.228 e. The van der Waals surface area contributed by atoms with Gasteiger partial charge in [-0.05, 0) is 6.42 Å². The first-order valence-electron chi connectivity index (χ1n) is 2.86. The number of amides is 1. The summed E-state index contributed by atoms with van der Waals surface area (Å²) in [5, 5.41) is 0. The molecule has 0 N–H and O–H groups in total. The average molecular weight is 109 g/mol. The van der Waals surface area contributed by atoms with Gasteiger partial charge in [-0.15, -0.1) is 0 Å². The zero-order chi connectivity index (χ0) is 5.56. The third-order valence-corrected chi connectivity index (χ3v) is 1.77. The second kappa shape index (κ2) is 1.13. The lowest BCUT2D eigenvalue weighted by Gasteiger charge is -2.32. The van der Waals surface area contributed by atoms with E-state index in [0.717, 1.165) is 12.8 Å². The Bertz CT molecular complexity index is 162. The molecule has 0 aliphatic carbocycles. The van der Waals surface area contributed by atoms with Crippen molar-refractivity contribution in [2.45, 2.75) is 18.9 Å². The Balaban J connectivity index is 2.21. The Kier molecular flexibility index (Phi) is 0.583. The Morgan fingerprint density at radius 2 is 2.62 bits per heavy atom. The molecule has 1 amide bonds. The summed E-state index contributed by atoms with van der Waals surface area (Å²) in [6.07, 6.45) is 5.78.